The maximum atomic E-state index is 3.53. The van der Waals surface area contributed by atoms with Crippen molar-refractivity contribution in [1.29, 1.82) is 0 Å². The highest BCUT2D eigenvalue weighted by Crippen LogP contribution is 2.31. The van der Waals surface area contributed by atoms with Crippen LogP contribution in [-0.2, 0) is 0 Å². The minimum atomic E-state index is 0.790. The summed E-state index contributed by atoms with van der Waals surface area (Å²) in [6.45, 7) is 8.70. The lowest BCUT2D eigenvalue weighted by Gasteiger charge is -2.40. The summed E-state index contributed by atoms with van der Waals surface area (Å²) in [5.74, 6) is 0. The Morgan fingerprint density at radius 2 is 2.00 bits per heavy atom. The first kappa shape index (κ1) is 11.0. The average molecular weight is 223 g/mol. The normalized spacial score (nSPS) is 38.1. The third kappa shape index (κ3) is 2.13. The number of piperazine rings is 1. The van der Waals surface area contributed by atoms with Crippen LogP contribution in [0.15, 0.2) is 0 Å². The molecule has 0 aromatic carbocycles. The second-order valence-electron chi connectivity index (χ2n) is 5.67. The van der Waals surface area contributed by atoms with Gasteiger partial charge in [0.05, 0.1) is 0 Å². The molecule has 2 unspecified atom stereocenters. The second-order valence-corrected chi connectivity index (χ2v) is 5.67. The monoisotopic (exact) mass is 223 g/mol. The minimum Gasteiger partial charge on any atom is -0.314 e. The Hall–Kier alpha value is -0.120. The summed E-state index contributed by atoms with van der Waals surface area (Å²) in [5.41, 5.74) is 0. The van der Waals surface area contributed by atoms with E-state index in [1.165, 1.54) is 58.4 Å². The molecule has 1 aliphatic carbocycles. The van der Waals surface area contributed by atoms with Crippen molar-refractivity contribution in [2.24, 2.45) is 0 Å². The molecule has 16 heavy (non-hydrogen) atoms. The van der Waals surface area contributed by atoms with Crippen LogP contribution in [0.2, 0.25) is 0 Å². The zero-order valence-electron chi connectivity index (χ0n) is 10.5. The maximum Gasteiger partial charge on any atom is 0.0239 e. The Balaban J connectivity index is 1.58. The minimum absolute atomic E-state index is 0.790. The molecule has 0 amide bonds. The van der Waals surface area contributed by atoms with Crippen LogP contribution in [0.3, 0.4) is 0 Å². The van der Waals surface area contributed by atoms with E-state index in [9.17, 15) is 0 Å². The van der Waals surface area contributed by atoms with Crippen molar-refractivity contribution in [1.82, 2.24) is 15.1 Å². The van der Waals surface area contributed by atoms with Crippen molar-refractivity contribution < 1.29 is 0 Å². The van der Waals surface area contributed by atoms with Gasteiger partial charge in [0.1, 0.15) is 0 Å². The van der Waals surface area contributed by atoms with Crippen molar-refractivity contribution >= 4 is 0 Å². The highest BCUT2D eigenvalue weighted by Gasteiger charge is 2.38. The molecule has 0 aromatic heterocycles. The van der Waals surface area contributed by atoms with Crippen LogP contribution in [-0.4, -0.2) is 60.6 Å². The molecule has 0 spiro atoms. The molecule has 1 N–H and O–H groups in total. The van der Waals surface area contributed by atoms with Gasteiger partial charge in [-0.2, -0.15) is 0 Å². The predicted molar refractivity (Wildman–Crippen MR) is 66.7 cm³/mol. The first-order valence-electron chi connectivity index (χ1n) is 7.09. The van der Waals surface area contributed by atoms with Gasteiger partial charge in [-0.1, -0.05) is 6.92 Å². The van der Waals surface area contributed by atoms with Crippen LogP contribution >= 0.6 is 0 Å². The van der Waals surface area contributed by atoms with Gasteiger partial charge in [0.2, 0.25) is 0 Å². The lowest BCUT2D eigenvalue weighted by Crippen LogP contribution is -2.55. The molecule has 1 saturated carbocycles. The summed E-state index contributed by atoms with van der Waals surface area (Å²) >= 11 is 0. The van der Waals surface area contributed by atoms with E-state index in [-0.39, 0.29) is 0 Å². The fourth-order valence-electron chi connectivity index (χ4n) is 3.45. The maximum absolute atomic E-state index is 3.53. The molecule has 3 rings (SSSR count). The van der Waals surface area contributed by atoms with Gasteiger partial charge in [-0.05, 0) is 25.7 Å². The van der Waals surface area contributed by atoms with Gasteiger partial charge in [-0.3, -0.25) is 9.80 Å². The number of likely N-dealkylation sites (tertiary alicyclic amines) is 1. The number of hydrogen-bond donors (Lipinski definition) is 1. The molecule has 2 saturated heterocycles. The molecular weight excluding hydrogens is 198 g/mol. The summed E-state index contributed by atoms with van der Waals surface area (Å²) in [6.07, 6.45) is 5.64. The van der Waals surface area contributed by atoms with Crippen LogP contribution in [0.25, 0.3) is 0 Å². The lowest BCUT2D eigenvalue weighted by molar-refractivity contribution is 0.104. The third-order valence-electron chi connectivity index (χ3n) is 4.59. The van der Waals surface area contributed by atoms with Gasteiger partial charge in [-0.25, -0.2) is 0 Å². The Bertz CT molecular complexity index is 239. The average Bonchev–Trinajstić information content (AvgIpc) is 3.07. The molecule has 3 aliphatic rings. The van der Waals surface area contributed by atoms with Gasteiger partial charge in [0.25, 0.3) is 0 Å². The molecule has 3 fully saturated rings. The molecule has 0 radical (unpaired) electrons. The number of hydrogen-bond acceptors (Lipinski definition) is 3. The molecule has 2 aliphatic heterocycles. The van der Waals surface area contributed by atoms with Crippen molar-refractivity contribution in [3.63, 3.8) is 0 Å². The van der Waals surface area contributed by atoms with Crippen molar-refractivity contribution in [2.45, 2.75) is 50.7 Å². The molecule has 3 heteroatoms. The predicted octanol–water partition coefficient (Wildman–Crippen LogP) is 0.907. The summed E-state index contributed by atoms with van der Waals surface area (Å²) < 4.78 is 0. The summed E-state index contributed by atoms with van der Waals surface area (Å²) in [6, 6.07) is 2.61. The van der Waals surface area contributed by atoms with E-state index < -0.39 is 0 Å². The quantitative estimate of drug-likeness (QED) is 0.767. The highest BCUT2D eigenvalue weighted by atomic mass is 15.3. The summed E-state index contributed by atoms with van der Waals surface area (Å²) in [5, 5.41) is 3.53. The Morgan fingerprint density at radius 3 is 2.75 bits per heavy atom. The Labute approximate surface area is 99.2 Å². The van der Waals surface area contributed by atoms with Gasteiger partial charge >= 0.3 is 0 Å². The molecule has 92 valence electrons. The lowest BCUT2D eigenvalue weighted by atomic mass is 10.1. The zero-order chi connectivity index (χ0) is 11.0. The van der Waals surface area contributed by atoms with Crippen LogP contribution in [0.1, 0.15) is 32.6 Å². The van der Waals surface area contributed by atoms with E-state index >= 15 is 0 Å². The molecule has 2 atom stereocenters. The van der Waals surface area contributed by atoms with E-state index in [0.717, 1.165) is 18.1 Å². The van der Waals surface area contributed by atoms with Gasteiger partial charge < -0.3 is 5.32 Å². The number of nitrogens with one attached hydrogen (secondary N) is 1. The first-order valence-corrected chi connectivity index (χ1v) is 7.09. The van der Waals surface area contributed by atoms with E-state index in [1.807, 2.05) is 0 Å². The molecular formula is C13H25N3. The standard InChI is InChI=1S/C13H25N3/c1-2-11-9-14-6-8-16(11)13-5-7-15(10-13)12-3-4-12/h11-14H,2-10H2,1H3. The third-order valence-corrected chi connectivity index (χ3v) is 4.59. The van der Waals surface area contributed by atoms with Crippen LogP contribution in [0.5, 0.6) is 0 Å². The van der Waals surface area contributed by atoms with Crippen LogP contribution < -0.4 is 5.32 Å². The molecule has 2 heterocycles. The number of rotatable bonds is 3. The fraction of sp³-hybridized carbons (Fsp3) is 1.00. The van der Waals surface area contributed by atoms with Crippen LogP contribution in [0, 0.1) is 0 Å². The second kappa shape index (κ2) is 4.63. The van der Waals surface area contributed by atoms with Crippen molar-refractivity contribution in [2.75, 3.05) is 32.7 Å². The SMILES string of the molecule is CCC1CNCCN1C1CCN(C2CC2)C1. The van der Waals surface area contributed by atoms with Gasteiger partial charge in [-0.15, -0.1) is 0 Å². The van der Waals surface area contributed by atoms with E-state index in [1.54, 1.807) is 0 Å². The topological polar surface area (TPSA) is 18.5 Å². The van der Waals surface area contributed by atoms with Gasteiger partial charge in [0.15, 0.2) is 0 Å². The van der Waals surface area contributed by atoms with Crippen molar-refractivity contribution in [3.05, 3.63) is 0 Å². The summed E-state index contributed by atoms with van der Waals surface area (Å²) in [4.78, 5) is 5.53. The van der Waals surface area contributed by atoms with E-state index in [4.69, 9.17) is 0 Å². The molecule has 3 nitrogen and oxygen atoms in total. The van der Waals surface area contributed by atoms with Crippen molar-refractivity contribution in [3.8, 4) is 0 Å². The van der Waals surface area contributed by atoms with Gasteiger partial charge in [0, 0.05) is 50.8 Å². The highest BCUT2D eigenvalue weighted by molar-refractivity contribution is 4.95. The summed E-state index contributed by atoms with van der Waals surface area (Å²) in [7, 11) is 0. The van der Waals surface area contributed by atoms with Crippen LogP contribution in [0.4, 0.5) is 0 Å². The molecule has 0 bridgehead atoms. The smallest absolute Gasteiger partial charge is 0.0239 e. The zero-order valence-corrected chi connectivity index (χ0v) is 10.5. The Morgan fingerprint density at radius 1 is 1.12 bits per heavy atom. The van der Waals surface area contributed by atoms with E-state index in [2.05, 4.69) is 22.0 Å². The first-order chi connectivity index (χ1) is 7.88. The number of nitrogens with zero attached hydrogens (tertiary/aromatic N) is 2. The Kier molecular flexibility index (Phi) is 3.18. The van der Waals surface area contributed by atoms with E-state index in [0.29, 0.717) is 0 Å². The fourth-order valence-corrected chi connectivity index (χ4v) is 3.45. The largest absolute Gasteiger partial charge is 0.314 e. The molecule has 0 aromatic rings.